The fourth-order valence-corrected chi connectivity index (χ4v) is 6.50. The average molecular weight is 546 g/mol. The largest absolute Gasteiger partial charge is 0.497 e. The maximum Gasteiger partial charge on any atom is 0.319 e. The van der Waals surface area contributed by atoms with Crippen molar-refractivity contribution in [2.24, 2.45) is 0 Å². The van der Waals surface area contributed by atoms with Gasteiger partial charge in [-0.3, -0.25) is 4.90 Å². The molecule has 1 saturated carbocycles. The summed E-state index contributed by atoms with van der Waals surface area (Å²) in [5.41, 5.74) is 3.17. The zero-order valence-electron chi connectivity index (χ0n) is 23.7. The zero-order valence-corrected chi connectivity index (χ0v) is 23.7. The van der Waals surface area contributed by atoms with Crippen LogP contribution in [0, 0.1) is 0 Å². The lowest BCUT2D eigenvalue weighted by molar-refractivity contribution is 0.131. The van der Waals surface area contributed by atoms with Crippen LogP contribution in [0.3, 0.4) is 0 Å². The molecular formula is C32H39N3O5. The van der Waals surface area contributed by atoms with Crippen molar-refractivity contribution in [3.8, 4) is 23.0 Å². The molecule has 0 bridgehead atoms. The van der Waals surface area contributed by atoms with Gasteiger partial charge in [-0.25, -0.2) is 4.79 Å². The van der Waals surface area contributed by atoms with Crippen molar-refractivity contribution in [2.75, 3.05) is 40.3 Å². The molecule has 0 spiro atoms. The quantitative estimate of drug-likeness (QED) is 0.364. The second-order valence-corrected chi connectivity index (χ2v) is 10.6. The minimum Gasteiger partial charge on any atom is -0.497 e. The van der Waals surface area contributed by atoms with E-state index in [1.54, 1.807) is 46.6 Å². The Morgan fingerprint density at radius 1 is 0.875 bits per heavy atom. The van der Waals surface area contributed by atoms with Crippen molar-refractivity contribution in [3.05, 3.63) is 77.9 Å². The molecule has 1 saturated heterocycles. The Morgan fingerprint density at radius 3 is 2.27 bits per heavy atom. The molecule has 1 aliphatic heterocycles. The number of amides is 2. The third kappa shape index (κ3) is 5.68. The first kappa shape index (κ1) is 27.6. The van der Waals surface area contributed by atoms with Crippen molar-refractivity contribution < 1.29 is 23.7 Å². The normalized spacial score (nSPS) is 22.2. The number of rotatable bonds is 9. The number of nitrogens with one attached hydrogen (secondary N) is 2. The SMILES string of the molecule is COc1cc(NC(=O)N[C@H]2CC[C@@]3(c4ccc(OC)c(OC)c4)CCN(Cc4ccccc4)[C@@H]3C2)cc(OC)c1. The van der Waals surface area contributed by atoms with Crippen LogP contribution in [-0.4, -0.2) is 58.0 Å². The minimum absolute atomic E-state index is 0.0247. The number of hydrogen-bond acceptors (Lipinski definition) is 6. The third-order valence-electron chi connectivity index (χ3n) is 8.50. The summed E-state index contributed by atoms with van der Waals surface area (Å²) in [6.07, 6.45) is 3.77. The van der Waals surface area contributed by atoms with Gasteiger partial charge in [0.25, 0.3) is 0 Å². The number of benzene rings is 3. The average Bonchev–Trinajstić information content (AvgIpc) is 3.35. The van der Waals surface area contributed by atoms with Crippen molar-refractivity contribution in [2.45, 2.75) is 49.7 Å². The molecule has 3 aromatic rings. The number of carbonyl (C=O) groups excluding carboxylic acids is 1. The molecule has 3 atom stereocenters. The van der Waals surface area contributed by atoms with Gasteiger partial charge >= 0.3 is 6.03 Å². The molecule has 2 amide bonds. The molecule has 5 rings (SSSR count). The van der Waals surface area contributed by atoms with Gasteiger partial charge in [0.15, 0.2) is 11.5 Å². The van der Waals surface area contributed by atoms with Crippen LogP contribution < -0.4 is 29.6 Å². The van der Waals surface area contributed by atoms with Crippen LogP contribution in [0.1, 0.15) is 36.8 Å². The van der Waals surface area contributed by atoms with Gasteiger partial charge in [-0.1, -0.05) is 36.4 Å². The van der Waals surface area contributed by atoms with Crippen LogP contribution in [-0.2, 0) is 12.0 Å². The zero-order chi connectivity index (χ0) is 28.1. The van der Waals surface area contributed by atoms with Crippen LogP contribution in [0.5, 0.6) is 23.0 Å². The van der Waals surface area contributed by atoms with Crippen molar-refractivity contribution in [1.82, 2.24) is 10.2 Å². The number of anilines is 1. The maximum absolute atomic E-state index is 13.1. The number of fused-ring (bicyclic) bond motifs is 1. The summed E-state index contributed by atoms with van der Waals surface area (Å²) in [7, 11) is 6.53. The second kappa shape index (κ2) is 12.1. The first-order valence-corrected chi connectivity index (χ1v) is 13.8. The summed E-state index contributed by atoms with van der Waals surface area (Å²) in [6, 6.07) is 22.4. The molecule has 2 N–H and O–H groups in total. The Bertz CT molecular complexity index is 1290. The number of ether oxygens (including phenoxy) is 4. The van der Waals surface area contributed by atoms with Crippen LogP contribution in [0.2, 0.25) is 0 Å². The van der Waals surface area contributed by atoms with E-state index >= 15 is 0 Å². The Balaban J connectivity index is 1.37. The predicted octanol–water partition coefficient (Wildman–Crippen LogP) is 5.61. The van der Waals surface area contributed by atoms with Crippen LogP contribution in [0.25, 0.3) is 0 Å². The number of likely N-dealkylation sites (tertiary alicyclic amines) is 1. The van der Waals surface area contributed by atoms with Gasteiger partial charge in [0.05, 0.1) is 28.4 Å². The van der Waals surface area contributed by atoms with E-state index < -0.39 is 0 Å². The van der Waals surface area contributed by atoms with Gasteiger partial charge in [-0.05, 0) is 55.5 Å². The van der Waals surface area contributed by atoms with E-state index in [9.17, 15) is 4.79 Å². The summed E-state index contributed by atoms with van der Waals surface area (Å²) < 4.78 is 21.9. The highest BCUT2D eigenvalue weighted by Gasteiger charge is 2.51. The van der Waals surface area contributed by atoms with Gasteiger partial charge in [0.1, 0.15) is 11.5 Å². The van der Waals surface area contributed by atoms with Crippen molar-refractivity contribution in [3.63, 3.8) is 0 Å². The lowest BCUT2D eigenvalue weighted by atomic mass is 9.65. The molecule has 8 nitrogen and oxygen atoms in total. The van der Waals surface area contributed by atoms with E-state index in [0.29, 0.717) is 17.2 Å². The van der Waals surface area contributed by atoms with Gasteiger partial charge in [0.2, 0.25) is 0 Å². The van der Waals surface area contributed by atoms with E-state index in [1.165, 1.54) is 11.1 Å². The van der Waals surface area contributed by atoms with Crippen molar-refractivity contribution >= 4 is 11.7 Å². The topological polar surface area (TPSA) is 81.3 Å². The summed E-state index contributed by atoms with van der Waals surface area (Å²) in [6.45, 7) is 1.87. The lowest BCUT2D eigenvalue weighted by Crippen LogP contribution is -2.52. The Morgan fingerprint density at radius 2 is 1.60 bits per heavy atom. The molecule has 1 aliphatic carbocycles. The smallest absolute Gasteiger partial charge is 0.319 e. The lowest BCUT2D eigenvalue weighted by Gasteiger charge is -2.45. The van der Waals surface area contributed by atoms with Gasteiger partial charge in [-0.2, -0.15) is 0 Å². The van der Waals surface area contributed by atoms with Crippen molar-refractivity contribution in [1.29, 1.82) is 0 Å². The Hall–Kier alpha value is -3.91. The van der Waals surface area contributed by atoms with Gasteiger partial charge in [0, 0.05) is 47.9 Å². The number of urea groups is 1. The minimum atomic E-state index is -0.230. The van der Waals surface area contributed by atoms with Crippen LogP contribution in [0.4, 0.5) is 10.5 Å². The van der Waals surface area contributed by atoms with E-state index in [4.69, 9.17) is 18.9 Å². The first-order chi connectivity index (χ1) is 19.5. The highest BCUT2D eigenvalue weighted by molar-refractivity contribution is 5.90. The standard InChI is InChI=1S/C32H39N3O5/c1-37-26-17-25(18-27(20-26)38-2)34-31(36)33-24-12-13-32(23-10-11-28(39-3)29(16-23)40-4)14-15-35(30(32)19-24)21-22-8-6-5-7-9-22/h5-11,16-18,20,24,30H,12-15,19,21H2,1-4H3,(H2,33,34,36)/t24-,30+,32-/m0/s1. The number of nitrogens with zero attached hydrogens (tertiary/aromatic N) is 1. The van der Waals surface area contributed by atoms with E-state index in [-0.39, 0.29) is 23.5 Å². The molecule has 2 aliphatic rings. The Labute approximate surface area is 236 Å². The van der Waals surface area contributed by atoms with Crippen LogP contribution in [0.15, 0.2) is 66.7 Å². The van der Waals surface area contributed by atoms with E-state index in [1.807, 2.05) is 6.07 Å². The first-order valence-electron chi connectivity index (χ1n) is 13.8. The number of methoxy groups -OCH3 is 4. The summed E-state index contributed by atoms with van der Waals surface area (Å²) in [5.74, 6) is 2.73. The molecule has 0 unspecified atom stereocenters. The second-order valence-electron chi connectivity index (χ2n) is 10.6. The molecule has 1 heterocycles. The third-order valence-corrected chi connectivity index (χ3v) is 8.50. The van der Waals surface area contributed by atoms with Crippen LogP contribution >= 0.6 is 0 Å². The molecule has 3 aromatic carbocycles. The van der Waals surface area contributed by atoms with Gasteiger partial charge in [-0.15, -0.1) is 0 Å². The molecule has 0 radical (unpaired) electrons. The molecular weight excluding hydrogens is 506 g/mol. The highest BCUT2D eigenvalue weighted by atomic mass is 16.5. The predicted molar refractivity (Wildman–Crippen MR) is 156 cm³/mol. The summed E-state index contributed by atoms with van der Waals surface area (Å²) in [4.78, 5) is 15.7. The van der Waals surface area contributed by atoms with Gasteiger partial charge < -0.3 is 29.6 Å². The molecule has 40 heavy (non-hydrogen) atoms. The molecule has 212 valence electrons. The van der Waals surface area contributed by atoms with E-state index in [2.05, 4.69) is 58.0 Å². The number of hydrogen-bond donors (Lipinski definition) is 2. The summed E-state index contributed by atoms with van der Waals surface area (Å²) in [5, 5.41) is 6.21. The molecule has 2 fully saturated rings. The Kier molecular flexibility index (Phi) is 8.35. The maximum atomic E-state index is 13.1. The molecule has 0 aromatic heterocycles. The highest BCUT2D eigenvalue weighted by Crippen LogP contribution is 2.50. The fraction of sp³-hybridized carbons (Fsp3) is 0.406. The fourth-order valence-electron chi connectivity index (χ4n) is 6.50. The van der Waals surface area contributed by atoms with E-state index in [0.717, 1.165) is 50.3 Å². The monoisotopic (exact) mass is 545 g/mol. The molecule has 8 heteroatoms. The summed E-state index contributed by atoms with van der Waals surface area (Å²) >= 11 is 0. The number of carbonyl (C=O) groups is 1.